The van der Waals surface area contributed by atoms with Crippen molar-refractivity contribution in [3.8, 4) is 11.5 Å². The molecular formula is C24H30N2O5S. The van der Waals surface area contributed by atoms with Gasteiger partial charge in [-0.15, -0.1) is 0 Å². The molecule has 1 fully saturated rings. The lowest BCUT2D eigenvalue weighted by Gasteiger charge is -2.16. The normalized spacial score (nSPS) is 15.1. The number of nitrogens with zero attached hydrogens (tertiary/aromatic N) is 1. The molecule has 7 nitrogen and oxygen atoms in total. The number of nitrogens with one attached hydrogen (secondary N) is 1. The Morgan fingerprint density at radius 3 is 2.44 bits per heavy atom. The number of hydrogen-bond acceptors (Lipinski definition) is 5. The van der Waals surface area contributed by atoms with Crippen LogP contribution in [0.25, 0.3) is 6.08 Å². The van der Waals surface area contributed by atoms with Crippen molar-refractivity contribution in [3.63, 3.8) is 0 Å². The predicted molar refractivity (Wildman–Crippen MR) is 127 cm³/mol. The number of sulfonamides is 1. The molecule has 2 aromatic carbocycles. The Balaban J connectivity index is 1.50. The SMILES string of the molecule is CCOc1ccc(CCNC(=O)/C=C/c2ccc(N3CCCS3(=O)=O)cc2)cc1OCC. The Bertz CT molecular complexity index is 1050. The van der Waals surface area contributed by atoms with Gasteiger partial charge in [-0.1, -0.05) is 18.2 Å². The lowest BCUT2D eigenvalue weighted by atomic mass is 10.1. The zero-order chi connectivity index (χ0) is 23.0. The summed E-state index contributed by atoms with van der Waals surface area (Å²) in [6, 6.07) is 13.0. The summed E-state index contributed by atoms with van der Waals surface area (Å²) in [5.41, 5.74) is 2.54. The van der Waals surface area contributed by atoms with Gasteiger partial charge in [0.15, 0.2) is 11.5 Å². The van der Waals surface area contributed by atoms with Crippen LogP contribution in [0.3, 0.4) is 0 Å². The van der Waals surface area contributed by atoms with Crippen LogP contribution in [-0.4, -0.2) is 46.4 Å². The summed E-state index contributed by atoms with van der Waals surface area (Å²) in [5.74, 6) is 1.44. The van der Waals surface area contributed by atoms with Gasteiger partial charge < -0.3 is 14.8 Å². The summed E-state index contributed by atoms with van der Waals surface area (Å²) < 4.78 is 36.7. The van der Waals surface area contributed by atoms with Gasteiger partial charge in [0.1, 0.15) is 0 Å². The second-order valence-electron chi connectivity index (χ2n) is 7.35. The zero-order valence-corrected chi connectivity index (χ0v) is 19.4. The number of benzene rings is 2. The van der Waals surface area contributed by atoms with Crippen LogP contribution in [0.4, 0.5) is 5.69 Å². The van der Waals surface area contributed by atoms with Crippen LogP contribution in [0.5, 0.6) is 11.5 Å². The molecule has 0 atom stereocenters. The lowest BCUT2D eigenvalue weighted by molar-refractivity contribution is -0.116. The molecule has 2 aromatic rings. The molecule has 0 bridgehead atoms. The fourth-order valence-corrected chi connectivity index (χ4v) is 5.06. The number of amides is 1. The van der Waals surface area contributed by atoms with Crippen molar-refractivity contribution in [2.75, 3.05) is 36.4 Å². The van der Waals surface area contributed by atoms with E-state index >= 15 is 0 Å². The molecule has 3 rings (SSSR count). The van der Waals surface area contributed by atoms with E-state index in [4.69, 9.17) is 9.47 Å². The summed E-state index contributed by atoms with van der Waals surface area (Å²) in [5, 5.41) is 2.87. The Morgan fingerprint density at radius 2 is 1.78 bits per heavy atom. The minimum atomic E-state index is -3.19. The number of rotatable bonds is 10. The topological polar surface area (TPSA) is 84.9 Å². The van der Waals surface area contributed by atoms with Crippen molar-refractivity contribution in [1.82, 2.24) is 5.32 Å². The van der Waals surface area contributed by atoms with Crippen LogP contribution in [0.2, 0.25) is 0 Å². The van der Waals surface area contributed by atoms with Gasteiger partial charge in [-0.05, 0) is 68.2 Å². The quantitative estimate of drug-likeness (QED) is 0.552. The largest absolute Gasteiger partial charge is 0.490 e. The third-order valence-electron chi connectivity index (χ3n) is 5.03. The average molecular weight is 459 g/mol. The lowest BCUT2D eigenvalue weighted by Crippen LogP contribution is -2.24. The molecule has 0 unspecified atom stereocenters. The number of carbonyl (C=O) groups is 1. The fourth-order valence-electron chi connectivity index (χ4n) is 3.49. The van der Waals surface area contributed by atoms with E-state index in [1.807, 2.05) is 44.2 Å². The van der Waals surface area contributed by atoms with E-state index in [0.29, 0.717) is 50.6 Å². The van der Waals surface area contributed by atoms with E-state index in [1.165, 1.54) is 10.4 Å². The van der Waals surface area contributed by atoms with Crippen LogP contribution in [-0.2, 0) is 21.2 Å². The predicted octanol–water partition coefficient (Wildman–Crippen LogP) is 3.40. The van der Waals surface area contributed by atoms with Gasteiger partial charge >= 0.3 is 0 Å². The van der Waals surface area contributed by atoms with E-state index in [1.54, 1.807) is 18.2 Å². The van der Waals surface area contributed by atoms with Crippen molar-refractivity contribution < 1.29 is 22.7 Å². The molecule has 0 spiro atoms. The highest BCUT2D eigenvalue weighted by Crippen LogP contribution is 2.28. The van der Waals surface area contributed by atoms with Crippen LogP contribution < -0.4 is 19.1 Å². The molecule has 0 aromatic heterocycles. The Labute approximate surface area is 190 Å². The van der Waals surface area contributed by atoms with Crippen molar-refractivity contribution in [1.29, 1.82) is 0 Å². The van der Waals surface area contributed by atoms with E-state index < -0.39 is 10.0 Å². The van der Waals surface area contributed by atoms with Crippen LogP contribution in [0, 0.1) is 0 Å². The van der Waals surface area contributed by atoms with Crippen molar-refractivity contribution >= 4 is 27.7 Å². The summed E-state index contributed by atoms with van der Waals surface area (Å²) in [6.45, 7) is 5.99. The van der Waals surface area contributed by atoms with Crippen molar-refractivity contribution in [2.45, 2.75) is 26.7 Å². The maximum absolute atomic E-state index is 12.1. The van der Waals surface area contributed by atoms with Gasteiger partial charge in [-0.3, -0.25) is 9.10 Å². The highest BCUT2D eigenvalue weighted by molar-refractivity contribution is 7.93. The second-order valence-corrected chi connectivity index (χ2v) is 9.37. The molecular weight excluding hydrogens is 428 g/mol. The van der Waals surface area contributed by atoms with E-state index in [-0.39, 0.29) is 11.7 Å². The fraction of sp³-hybridized carbons (Fsp3) is 0.375. The van der Waals surface area contributed by atoms with Crippen molar-refractivity contribution in [2.24, 2.45) is 0 Å². The van der Waals surface area contributed by atoms with E-state index in [2.05, 4.69) is 5.32 Å². The Morgan fingerprint density at radius 1 is 1.06 bits per heavy atom. The van der Waals surface area contributed by atoms with E-state index in [0.717, 1.165) is 16.9 Å². The number of hydrogen-bond donors (Lipinski definition) is 1. The van der Waals surface area contributed by atoms with Crippen LogP contribution in [0.15, 0.2) is 48.5 Å². The zero-order valence-electron chi connectivity index (χ0n) is 18.5. The van der Waals surface area contributed by atoms with Crippen LogP contribution in [0.1, 0.15) is 31.4 Å². The molecule has 1 aliphatic rings. The maximum Gasteiger partial charge on any atom is 0.244 e. The molecule has 0 radical (unpaired) electrons. The van der Waals surface area contributed by atoms with Crippen LogP contribution >= 0.6 is 0 Å². The van der Waals surface area contributed by atoms with Gasteiger partial charge in [0.2, 0.25) is 15.9 Å². The highest BCUT2D eigenvalue weighted by atomic mass is 32.2. The van der Waals surface area contributed by atoms with Gasteiger partial charge in [0, 0.05) is 19.2 Å². The number of anilines is 1. The first-order valence-electron chi connectivity index (χ1n) is 10.9. The third-order valence-corrected chi connectivity index (χ3v) is 6.90. The summed E-state index contributed by atoms with van der Waals surface area (Å²) in [6.07, 6.45) is 4.51. The molecule has 1 saturated heterocycles. The van der Waals surface area contributed by atoms with Gasteiger partial charge in [0.05, 0.1) is 24.7 Å². The van der Waals surface area contributed by atoms with Gasteiger partial charge in [0.25, 0.3) is 0 Å². The summed E-state index contributed by atoms with van der Waals surface area (Å²) in [7, 11) is -3.19. The smallest absolute Gasteiger partial charge is 0.244 e. The summed E-state index contributed by atoms with van der Waals surface area (Å²) >= 11 is 0. The second kappa shape index (κ2) is 11.0. The number of ether oxygens (including phenoxy) is 2. The Hall–Kier alpha value is -3.00. The van der Waals surface area contributed by atoms with E-state index in [9.17, 15) is 13.2 Å². The van der Waals surface area contributed by atoms with Crippen molar-refractivity contribution in [3.05, 3.63) is 59.7 Å². The minimum absolute atomic E-state index is 0.188. The summed E-state index contributed by atoms with van der Waals surface area (Å²) in [4.78, 5) is 12.1. The first-order valence-corrected chi connectivity index (χ1v) is 12.5. The molecule has 1 heterocycles. The third kappa shape index (κ3) is 6.26. The molecule has 0 aliphatic carbocycles. The Kier molecular flexibility index (Phi) is 8.16. The minimum Gasteiger partial charge on any atom is -0.490 e. The average Bonchev–Trinajstić information content (AvgIpc) is 3.13. The highest BCUT2D eigenvalue weighted by Gasteiger charge is 2.28. The molecule has 172 valence electrons. The molecule has 32 heavy (non-hydrogen) atoms. The molecule has 8 heteroatoms. The first-order chi connectivity index (χ1) is 15.4. The van der Waals surface area contributed by atoms with Gasteiger partial charge in [-0.2, -0.15) is 0 Å². The number of carbonyl (C=O) groups excluding carboxylic acids is 1. The molecule has 1 aliphatic heterocycles. The molecule has 1 amide bonds. The maximum atomic E-state index is 12.1. The monoisotopic (exact) mass is 458 g/mol. The molecule has 1 N–H and O–H groups in total. The first kappa shape index (κ1) is 23.7. The van der Waals surface area contributed by atoms with Gasteiger partial charge in [-0.25, -0.2) is 8.42 Å². The molecule has 0 saturated carbocycles. The standard InChI is InChI=1S/C24H30N2O5S/c1-3-30-22-12-8-20(18-23(22)31-4-2)14-15-25-24(27)13-9-19-6-10-21(11-7-19)26-16-5-17-32(26,28)29/h6-13,18H,3-5,14-17H2,1-2H3,(H,25,27)/b13-9+.